The van der Waals surface area contributed by atoms with Gasteiger partial charge < -0.3 is 10.1 Å². The lowest BCUT2D eigenvalue weighted by Gasteiger charge is -2.24. The van der Waals surface area contributed by atoms with Gasteiger partial charge in [0.15, 0.2) is 0 Å². The molecule has 0 bridgehead atoms. The number of ether oxygens (including phenoxy) is 1. The lowest BCUT2D eigenvalue weighted by molar-refractivity contribution is 0.0680. The minimum absolute atomic E-state index is 0.699. The van der Waals surface area contributed by atoms with Gasteiger partial charge in [0, 0.05) is 22.3 Å². The molecule has 1 aromatic rings. The monoisotopic (exact) mass is 305 g/mol. The molecule has 1 heterocycles. The maximum atomic E-state index is 6.01. The Morgan fingerprint density at radius 3 is 2.86 bits per heavy atom. The normalized spacial score (nSPS) is 25.4. The van der Waals surface area contributed by atoms with Gasteiger partial charge in [0.2, 0.25) is 0 Å². The maximum Gasteiger partial charge on any atom is 0.0727 e. The number of allylic oxidation sites excluding steroid dienone is 2. The van der Waals surface area contributed by atoms with Gasteiger partial charge in [0.05, 0.1) is 13.2 Å². The predicted molar refractivity (Wildman–Crippen MR) is 89.6 cm³/mol. The highest BCUT2D eigenvalue weighted by atomic mass is 32.1. The van der Waals surface area contributed by atoms with E-state index in [2.05, 4.69) is 37.4 Å². The summed E-state index contributed by atoms with van der Waals surface area (Å²) in [5.41, 5.74) is 1.38. The average molecular weight is 305 g/mol. The second-order valence-electron chi connectivity index (χ2n) is 6.64. The lowest BCUT2D eigenvalue weighted by Crippen LogP contribution is -2.19. The van der Waals surface area contributed by atoms with Crippen molar-refractivity contribution in [3.05, 3.63) is 33.5 Å². The van der Waals surface area contributed by atoms with Gasteiger partial charge in [0.25, 0.3) is 0 Å². The smallest absolute Gasteiger partial charge is 0.0727 e. The molecule has 116 valence electrons. The van der Waals surface area contributed by atoms with Crippen LogP contribution in [0.1, 0.15) is 47.9 Å². The standard InChI is InChI=1S/C18H27NOS/c1-13-5-3-4-6-15(13)11-20-12-16-9-18(21-14(16)2)10-19-17-7-8-17/h3-4,9,13,15,17,19H,5-8,10-12H2,1-2H3. The van der Waals surface area contributed by atoms with Crippen LogP contribution >= 0.6 is 11.3 Å². The molecule has 2 unspecified atom stereocenters. The van der Waals surface area contributed by atoms with Crippen LogP contribution in [0.4, 0.5) is 0 Å². The first kappa shape index (κ1) is 15.3. The largest absolute Gasteiger partial charge is 0.376 e. The van der Waals surface area contributed by atoms with Crippen molar-refractivity contribution in [2.75, 3.05) is 6.61 Å². The third kappa shape index (κ3) is 4.41. The number of nitrogens with one attached hydrogen (secondary N) is 1. The van der Waals surface area contributed by atoms with E-state index < -0.39 is 0 Å². The van der Waals surface area contributed by atoms with E-state index in [9.17, 15) is 0 Å². The minimum Gasteiger partial charge on any atom is -0.376 e. The van der Waals surface area contributed by atoms with E-state index in [0.29, 0.717) is 5.92 Å². The van der Waals surface area contributed by atoms with E-state index in [1.54, 1.807) is 0 Å². The Balaban J connectivity index is 1.44. The summed E-state index contributed by atoms with van der Waals surface area (Å²) in [4.78, 5) is 2.87. The quantitative estimate of drug-likeness (QED) is 0.753. The van der Waals surface area contributed by atoms with Crippen LogP contribution in [0.5, 0.6) is 0 Å². The molecule has 1 N–H and O–H groups in total. The third-order valence-electron chi connectivity index (χ3n) is 4.72. The fourth-order valence-electron chi connectivity index (χ4n) is 2.91. The van der Waals surface area contributed by atoms with Crippen LogP contribution in [0.3, 0.4) is 0 Å². The first-order valence-corrected chi connectivity index (χ1v) is 9.08. The fourth-order valence-corrected chi connectivity index (χ4v) is 3.91. The second-order valence-corrected chi connectivity index (χ2v) is 7.99. The van der Waals surface area contributed by atoms with Crippen LogP contribution < -0.4 is 5.32 Å². The molecule has 21 heavy (non-hydrogen) atoms. The Morgan fingerprint density at radius 2 is 2.10 bits per heavy atom. The van der Waals surface area contributed by atoms with Crippen molar-refractivity contribution in [2.24, 2.45) is 11.8 Å². The number of hydrogen-bond donors (Lipinski definition) is 1. The first-order valence-electron chi connectivity index (χ1n) is 8.26. The lowest BCUT2D eigenvalue weighted by atomic mass is 9.85. The van der Waals surface area contributed by atoms with Gasteiger partial charge >= 0.3 is 0 Å². The number of rotatable bonds is 7. The minimum atomic E-state index is 0.699. The number of hydrogen-bond acceptors (Lipinski definition) is 3. The molecule has 3 rings (SSSR count). The fraction of sp³-hybridized carbons (Fsp3) is 0.667. The average Bonchev–Trinajstić information content (AvgIpc) is 3.23. The van der Waals surface area contributed by atoms with Crippen molar-refractivity contribution < 1.29 is 4.74 Å². The molecule has 0 saturated heterocycles. The Kier molecular flexibility index (Phi) is 5.15. The van der Waals surface area contributed by atoms with Crippen LogP contribution in [0.25, 0.3) is 0 Å². The molecule has 2 atom stereocenters. The molecular weight excluding hydrogens is 278 g/mol. The van der Waals surface area contributed by atoms with Crippen molar-refractivity contribution in [1.82, 2.24) is 5.32 Å². The molecule has 2 aliphatic rings. The number of thiophene rings is 1. The van der Waals surface area contributed by atoms with E-state index in [1.807, 2.05) is 11.3 Å². The van der Waals surface area contributed by atoms with E-state index in [4.69, 9.17) is 4.74 Å². The Labute approximate surface area is 132 Å². The molecule has 0 spiro atoms. The van der Waals surface area contributed by atoms with Gasteiger partial charge in [-0.1, -0.05) is 19.1 Å². The zero-order valence-electron chi connectivity index (χ0n) is 13.2. The van der Waals surface area contributed by atoms with Crippen molar-refractivity contribution >= 4 is 11.3 Å². The van der Waals surface area contributed by atoms with Crippen molar-refractivity contribution in [3.63, 3.8) is 0 Å². The highest BCUT2D eigenvalue weighted by Crippen LogP contribution is 2.27. The summed E-state index contributed by atoms with van der Waals surface area (Å²) in [6.07, 6.45) is 9.72. The zero-order valence-corrected chi connectivity index (χ0v) is 14.0. The molecule has 1 fully saturated rings. The summed E-state index contributed by atoms with van der Waals surface area (Å²) in [7, 11) is 0. The van der Waals surface area contributed by atoms with Crippen LogP contribution in [-0.2, 0) is 17.9 Å². The first-order chi connectivity index (χ1) is 10.2. The highest BCUT2D eigenvalue weighted by Gasteiger charge is 2.21. The topological polar surface area (TPSA) is 21.3 Å². The van der Waals surface area contributed by atoms with E-state index in [0.717, 1.165) is 31.7 Å². The Bertz CT molecular complexity index is 489. The summed E-state index contributed by atoms with van der Waals surface area (Å²) in [6.45, 7) is 7.26. The molecule has 2 aliphatic carbocycles. The van der Waals surface area contributed by atoms with Crippen LogP contribution in [0, 0.1) is 18.8 Å². The molecule has 0 aliphatic heterocycles. The van der Waals surface area contributed by atoms with Gasteiger partial charge in [-0.15, -0.1) is 11.3 Å². The molecule has 3 heteroatoms. The van der Waals surface area contributed by atoms with E-state index in [1.165, 1.54) is 41.0 Å². The molecule has 0 radical (unpaired) electrons. The van der Waals surface area contributed by atoms with Crippen molar-refractivity contribution in [1.29, 1.82) is 0 Å². The zero-order chi connectivity index (χ0) is 14.7. The highest BCUT2D eigenvalue weighted by molar-refractivity contribution is 7.12. The van der Waals surface area contributed by atoms with Gasteiger partial charge in [0.1, 0.15) is 0 Å². The van der Waals surface area contributed by atoms with Gasteiger partial charge in [-0.25, -0.2) is 0 Å². The Hall–Kier alpha value is -0.640. The van der Waals surface area contributed by atoms with Gasteiger partial charge in [-0.2, -0.15) is 0 Å². The van der Waals surface area contributed by atoms with E-state index in [-0.39, 0.29) is 0 Å². The Morgan fingerprint density at radius 1 is 1.29 bits per heavy atom. The van der Waals surface area contributed by atoms with E-state index >= 15 is 0 Å². The molecule has 2 nitrogen and oxygen atoms in total. The van der Waals surface area contributed by atoms with Gasteiger partial charge in [-0.05, 0) is 56.1 Å². The SMILES string of the molecule is Cc1sc(CNC2CC2)cc1COCC1CC=CCC1C. The predicted octanol–water partition coefficient (Wildman–Crippen LogP) is 4.43. The van der Waals surface area contributed by atoms with Crippen LogP contribution in [-0.4, -0.2) is 12.6 Å². The summed E-state index contributed by atoms with van der Waals surface area (Å²) in [5, 5.41) is 3.59. The third-order valence-corrected chi connectivity index (χ3v) is 5.81. The van der Waals surface area contributed by atoms with Crippen LogP contribution in [0.2, 0.25) is 0 Å². The summed E-state index contributed by atoms with van der Waals surface area (Å²) < 4.78 is 6.01. The van der Waals surface area contributed by atoms with Gasteiger partial charge in [-0.3, -0.25) is 0 Å². The number of aryl methyl sites for hydroxylation is 1. The molecule has 0 aromatic carbocycles. The summed E-state index contributed by atoms with van der Waals surface area (Å²) in [5.74, 6) is 1.46. The maximum absolute atomic E-state index is 6.01. The van der Waals surface area contributed by atoms with Crippen molar-refractivity contribution in [2.45, 2.75) is 58.7 Å². The van der Waals surface area contributed by atoms with Crippen molar-refractivity contribution in [3.8, 4) is 0 Å². The second kappa shape index (κ2) is 7.08. The molecule has 1 saturated carbocycles. The molecule has 1 aromatic heterocycles. The molecular formula is C18H27NOS. The molecule has 0 amide bonds. The van der Waals surface area contributed by atoms with Crippen LogP contribution in [0.15, 0.2) is 18.2 Å². The summed E-state index contributed by atoms with van der Waals surface area (Å²) in [6, 6.07) is 3.12. The summed E-state index contributed by atoms with van der Waals surface area (Å²) >= 11 is 1.92.